The van der Waals surface area contributed by atoms with Crippen LogP contribution in [0.1, 0.15) is 43.2 Å². The van der Waals surface area contributed by atoms with Crippen molar-refractivity contribution in [2.75, 3.05) is 25.0 Å². The van der Waals surface area contributed by atoms with Crippen molar-refractivity contribution < 1.29 is 18.7 Å². The molecule has 1 N–H and O–H groups in total. The number of piperidine rings is 1. The molecule has 0 unspecified atom stereocenters. The number of nitrogens with one attached hydrogen (secondary N) is 1. The zero-order valence-corrected chi connectivity index (χ0v) is 17.1. The number of thiazole rings is 1. The molecule has 8 nitrogen and oxygen atoms in total. The van der Waals surface area contributed by atoms with Gasteiger partial charge in [-0.3, -0.25) is 10.1 Å². The van der Waals surface area contributed by atoms with E-state index in [4.69, 9.17) is 9.15 Å². The van der Waals surface area contributed by atoms with Gasteiger partial charge >= 0.3 is 12.0 Å². The molecule has 2 aromatic rings. The molecule has 1 aliphatic rings. The summed E-state index contributed by atoms with van der Waals surface area (Å²) in [6, 6.07) is -0.177. The molecule has 0 aromatic carbocycles. The molecule has 3 heterocycles. The maximum Gasteiger partial charge on any atom is 0.323 e. The van der Waals surface area contributed by atoms with Crippen LogP contribution in [-0.4, -0.2) is 46.6 Å². The fourth-order valence-electron chi connectivity index (χ4n) is 3.09. The van der Waals surface area contributed by atoms with Crippen LogP contribution < -0.4 is 5.32 Å². The highest BCUT2D eigenvalue weighted by Gasteiger charge is 2.28. The number of carbonyl (C=O) groups excluding carboxylic acids is 2. The van der Waals surface area contributed by atoms with Crippen molar-refractivity contribution in [3.8, 4) is 0 Å². The Morgan fingerprint density at radius 1 is 1.25 bits per heavy atom. The molecule has 2 aromatic heterocycles. The molecule has 0 spiro atoms. The van der Waals surface area contributed by atoms with Crippen LogP contribution in [0.4, 0.5) is 9.93 Å². The Morgan fingerprint density at radius 3 is 2.71 bits per heavy atom. The van der Waals surface area contributed by atoms with Crippen molar-refractivity contribution in [2.24, 2.45) is 5.92 Å². The smallest absolute Gasteiger partial charge is 0.323 e. The van der Waals surface area contributed by atoms with E-state index in [1.165, 1.54) is 11.3 Å². The summed E-state index contributed by atoms with van der Waals surface area (Å²) in [5.41, 5.74) is 0. The molecule has 152 valence electrons. The molecular formula is C19H26N4O4S. The minimum atomic E-state index is -0.177. The third kappa shape index (κ3) is 5.31. The van der Waals surface area contributed by atoms with Crippen molar-refractivity contribution in [3.05, 3.63) is 28.9 Å². The average Bonchev–Trinajstić information content (AvgIpc) is 3.35. The molecule has 0 saturated carbocycles. The summed E-state index contributed by atoms with van der Waals surface area (Å²) in [6.45, 7) is 5.30. The molecule has 9 heteroatoms. The predicted molar refractivity (Wildman–Crippen MR) is 105 cm³/mol. The number of carbonyl (C=O) groups is 2. The monoisotopic (exact) mass is 406 g/mol. The van der Waals surface area contributed by atoms with Crippen LogP contribution in [0, 0.1) is 5.92 Å². The standard InChI is InChI=1S/C19H26N4O4S/c1-3-14-11-20-16(27-14)6-5-15-12-21-18(28-15)22-19(25)23-9-7-13(8-10-23)17(24)26-4-2/h11-13H,3-10H2,1-2H3,(H,21,22,25). The number of nitrogens with zero attached hydrogens (tertiary/aromatic N) is 3. The highest BCUT2D eigenvalue weighted by Crippen LogP contribution is 2.23. The number of hydrogen-bond acceptors (Lipinski definition) is 7. The van der Waals surface area contributed by atoms with E-state index in [0.29, 0.717) is 44.1 Å². The number of hydrogen-bond donors (Lipinski definition) is 1. The zero-order chi connectivity index (χ0) is 19.9. The molecule has 0 atom stereocenters. The molecule has 1 aliphatic heterocycles. The van der Waals surface area contributed by atoms with Gasteiger partial charge in [0, 0.05) is 37.0 Å². The lowest BCUT2D eigenvalue weighted by atomic mass is 9.97. The van der Waals surface area contributed by atoms with Gasteiger partial charge in [0.2, 0.25) is 0 Å². The molecule has 3 rings (SSSR count). The molecule has 1 saturated heterocycles. The SMILES string of the molecule is CCOC(=O)C1CCN(C(=O)Nc2ncc(CCc3ncc(CC)o3)s2)CC1. The fourth-order valence-corrected chi connectivity index (χ4v) is 3.89. The lowest BCUT2D eigenvalue weighted by Gasteiger charge is -2.30. The summed E-state index contributed by atoms with van der Waals surface area (Å²) in [7, 11) is 0. The topological polar surface area (TPSA) is 97.6 Å². The minimum Gasteiger partial charge on any atom is -0.466 e. The third-order valence-corrected chi connectivity index (χ3v) is 5.68. The van der Waals surface area contributed by atoms with Gasteiger partial charge in [0.15, 0.2) is 11.0 Å². The number of urea groups is 1. The minimum absolute atomic E-state index is 0.112. The maximum atomic E-state index is 12.4. The number of amides is 2. The van der Waals surface area contributed by atoms with Gasteiger partial charge in [-0.1, -0.05) is 6.92 Å². The van der Waals surface area contributed by atoms with Crippen molar-refractivity contribution in [2.45, 2.75) is 46.0 Å². The zero-order valence-electron chi connectivity index (χ0n) is 16.3. The van der Waals surface area contributed by atoms with Crippen LogP contribution in [0.25, 0.3) is 0 Å². The van der Waals surface area contributed by atoms with Crippen LogP contribution in [0.15, 0.2) is 16.8 Å². The molecular weight excluding hydrogens is 380 g/mol. The number of anilines is 1. The highest BCUT2D eigenvalue weighted by molar-refractivity contribution is 7.15. The first kappa shape index (κ1) is 20.3. The van der Waals surface area contributed by atoms with E-state index in [1.807, 2.05) is 6.92 Å². The number of likely N-dealkylation sites (tertiary alicyclic amines) is 1. The fraction of sp³-hybridized carbons (Fsp3) is 0.579. The van der Waals surface area contributed by atoms with Gasteiger partial charge in [-0.15, -0.1) is 11.3 Å². The first-order chi connectivity index (χ1) is 13.6. The molecule has 0 aliphatic carbocycles. The predicted octanol–water partition coefficient (Wildman–Crippen LogP) is 3.29. The van der Waals surface area contributed by atoms with Gasteiger partial charge in [0.25, 0.3) is 0 Å². The van der Waals surface area contributed by atoms with E-state index in [2.05, 4.69) is 15.3 Å². The number of aromatic nitrogens is 2. The van der Waals surface area contributed by atoms with Crippen molar-refractivity contribution >= 4 is 28.5 Å². The Balaban J connectivity index is 1.44. The van der Waals surface area contributed by atoms with E-state index in [-0.39, 0.29) is 17.9 Å². The van der Waals surface area contributed by atoms with Crippen LogP contribution >= 0.6 is 11.3 Å². The average molecular weight is 407 g/mol. The van der Waals surface area contributed by atoms with Crippen molar-refractivity contribution in [3.63, 3.8) is 0 Å². The van der Waals surface area contributed by atoms with Gasteiger partial charge in [0.1, 0.15) is 5.76 Å². The van der Waals surface area contributed by atoms with E-state index in [1.54, 1.807) is 24.2 Å². The Morgan fingerprint density at radius 2 is 2.04 bits per heavy atom. The van der Waals surface area contributed by atoms with Gasteiger partial charge in [-0.2, -0.15) is 0 Å². The van der Waals surface area contributed by atoms with E-state index >= 15 is 0 Å². The van der Waals surface area contributed by atoms with E-state index in [0.717, 1.165) is 29.4 Å². The molecule has 0 bridgehead atoms. The van der Waals surface area contributed by atoms with Gasteiger partial charge in [-0.05, 0) is 26.2 Å². The molecule has 2 amide bonds. The second-order valence-electron chi connectivity index (χ2n) is 6.65. The summed E-state index contributed by atoms with van der Waals surface area (Å²) < 4.78 is 10.7. The van der Waals surface area contributed by atoms with E-state index < -0.39 is 0 Å². The quantitative estimate of drug-likeness (QED) is 0.709. The largest absolute Gasteiger partial charge is 0.466 e. The first-order valence-corrected chi connectivity index (χ1v) is 10.5. The van der Waals surface area contributed by atoms with Crippen LogP contribution in [0.5, 0.6) is 0 Å². The number of rotatable bonds is 7. The van der Waals surface area contributed by atoms with Gasteiger partial charge in [-0.25, -0.2) is 14.8 Å². The Kier molecular flexibility index (Phi) is 7.02. The molecule has 0 radical (unpaired) electrons. The van der Waals surface area contributed by atoms with Gasteiger partial charge < -0.3 is 14.1 Å². The summed E-state index contributed by atoms with van der Waals surface area (Å²) in [4.78, 5) is 35.5. The van der Waals surface area contributed by atoms with Crippen LogP contribution in [0.2, 0.25) is 0 Å². The molecule has 28 heavy (non-hydrogen) atoms. The normalized spacial score (nSPS) is 14.9. The van der Waals surface area contributed by atoms with Gasteiger partial charge in [0.05, 0.1) is 18.7 Å². The second kappa shape index (κ2) is 9.68. The van der Waals surface area contributed by atoms with Crippen molar-refractivity contribution in [1.82, 2.24) is 14.9 Å². The first-order valence-electron chi connectivity index (χ1n) is 9.69. The Hall–Kier alpha value is -2.42. The Bertz CT molecular complexity index is 795. The summed E-state index contributed by atoms with van der Waals surface area (Å²) in [5.74, 6) is 1.34. The van der Waals surface area contributed by atoms with E-state index in [9.17, 15) is 9.59 Å². The lowest BCUT2D eigenvalue weighted by molar-refractivity contribution is -0.149. The molecule has 1 fully saturated rings. The van der Waals surface area contributed by atoms with Crippen molar-refractivity contribution in [1.29, 1.82) is 0 Å². The summed E-state index contributed by atoms with van der Waals surface area (Å²) >= 11 is 1.46. The number of oxazole rings is 1. The number of ether oxygens (including phenoxy) is 1. The van der Waals surface area contributed by atoms with Crippen LogP contribution in [-0.2, 0) is 28.8 Å². The lowest BCUT2D eigenvalue weighted by Crippen LogP contribution is -2.42. The highest BCUT2D eigenvalue weighted by atomic mass is 32.1. The maximum absolute atomic E-state index is 12.4. The Labute approximate surface area is 168 Å². The summed E-state index contributed by atoms with van der Waals surface area (Å²) in [6.07, 6.45) is 7.10. The van der Waals surface area contributed by atoms with Crippen LogP contribution in [0.3, 0.4) is 0 Å². The summed E-state index contributed by atoms with van der Waals surface area (Å²) in [5, 5.41) is 3.43. The third-order valence-electron chi connectivity index (χ3n) is 4.70. The second-order valence-corrected chi connectivity index (χ2v) is 7.76. The number of esters is 1. The number of aryl methyl sites for hydroxylation is 3.